The van der Waals surface area contributed by atoms with Crippen LogP contribution in [0.3, 0.4) is 0 Å². The molecule has 1 aromatic heterocycles. The van der Waals surface area contributed by atoms with E-state index in [1.54, 1.807) is 30.3 Å². The maximum Gasteiger partial charge on any atom is 0.321 e. The summed E-state index contributed by atoms with van der Waals surface area (Å²) in [5.74, 6) is -1.44. The SMILES string of the molecule is CC(C)CC(NS(=O)(=O)c1ccc(CNC(=O)c2ccccc2)s1)C(=O)O. The first kappa shape index (κ1) is 21.1. The summed E-state index contributed by atoms with van der Waals surface area (Å²) in [6, 6.07) is 10.5. The molecule has 2 rings (SSSR count). The van der Waals surface area contributed by atoms with Gasteiger partial charge in [0, 0.05) is 10.4 Å². The van der Waals surface area contributed by atoms with Crippen LogP contribution in [0, 0.1) is 5.92 Å². The zero-order valence-corrected chi connectivity index (χ0v) is 16.6. The Morgan fingerprint density at radius 1 is 1.11 bits per heavy atom. The maximum absolute atomic E-state index is 12.5. The van der Waals surface area contributed by atoms with Crippen LogP contribution in [-0.4, -0.2) is 31.4 Å². The average molecular weight is 411 g/mol. The number of amides is 1. The molecule has 0 radical (unpaired) electrons. The molecule has 1 atom stereocenters. The predicted octanol–water partition coefficient (Wildman–Crippen LogP) is 2.46. The number of sulfonamides is 1. The van der Waals surface area contributed by atoms with Gasteiger partial charge in [0.1, 0.15) is 10.3 Å². The third kappa shape index (κ3) is 6.16. The van der Waals surface area contributed by atoms with E-state index in [9.17, 15) is 23.1 Å². The molecule has 146 valence electrons. The van der Waals surface area contributed by atoms with Crippen LogP contribution in [0.5, 0.6) is 0 Å². The molecule has 1 aromatic carbocycles. The number of carbonyl (C=O) groups excluding carboxylic acids is 1. The Kier molecular flexibility index (Phi) is 7.11. The van der Waals surface area contributed by atoms with E-state index >= 15 is 0 Å². The summed E-state index contributed by atoms with van der Waals surface area (Å²) in [6.45, 7) is 3.83. The lowest BCUT2D eigenvalue weighted by molar-refractivity contribution is -0.139. The lowest BCUT2D eigenvalue weighted by Crippen LogP contribution is -2.41. The van der Waals surface area contributed by atoms with Gasteiger partial charge in [-0.25, -0.2) is 8.42 Å². The van der Waals surface area contributed by atoms with Crippen LogP contribution >= 0.6 is 11.3 Å². The Balaban J connectivity index is 2.02. The summed E-state index contributed by atoms with van der Waals surface area (Å²) >= 11 is 0.991. The fourth-order valence-electron chi connectivity index (χ4n) is 2.37. The Labute approximate surface area is 162 Å². The second-order valence-electron chi connectivity index (χ2n) is 6.41. The molecule has 27 heavy (non-hydrogen) atoms. The smallest absolute Gasteiger partial charge is 0.321 e. The summed E-state index contributed by atoms with van der Waals surface area (Å²) in [5.41, 5.74) is 0.515. The van der Waals surface area contributed by atoms with Crippen LogP contribution in [0.4, 0.5) is 0 Å². The average Bonchev–Trinajstić information content (AvgIpc) is 3.09. The van der Waals surface area contributed by atoms with E-state index in [2.05, 4.69) is 10.0 Å². The molecule has 1 amide bonds. The van der Waals surface area contributed by atoms with Gasteiger partial charge in [-0.3, -0.25) is 9.59 Å². The quantitative estimate of drug-likeness (QED) is 0.588. The van der Waals surface area contributed by atoms with Crippen molar-refractivity contribution >= 4 is 33.2 Å². The van der Waals surface area contributed by atoms with Crippen molar-refractivity contribution in [3.63, 3.8) is 0 Å². The minimum absolute atomic E-state index is 0.0152. The van der Waals surface area contributed by atoms with Crippen LogP contribution in [0.1, 0.15) is 35.5 Å². The van der Waals surface area contributed by atoms with E-state index in [-0.39, 0.29) is 29.0 Å². The van der Waals surface area contributed by atoms with Crippen molar-refractivity contribution in [1.82, 2.24) is 10.0 Å². The van der Waals surface area contributed by atoms with Crippen LogP contribution in [0.2, 0.25) is 0 Å². The summed E-state index contributed by atoms with van der Waals surface area (Å²) in [7, 11) is -3.95. The molecule has 0 aliphatic heterocycles. The van der Waals surface area contributed by atoms with Crippen LogP contribution in [-0.2, 0) is 21.4 Å². The zero-order chi connectivity index (χ0) is 20.0. The molecule has 0 saturated carbocycles. The number of carboxylic acid groups (broad SMARTS) is 1. The van der Waals surface area contributed by atoms with E-state index < -0.39 is 22.0 Å². The standard InChI is InChI=1S/C18H22N2O5S2/c1-12(2)10-15(18(22)23)20-27(24,25)16-9-8-14(26-16)11-19-17(21)13-6-4-3-5-7-13/h3-9,12,15,20H,10-11H2,1-2H3,(H,19,21)(H,22,23). The largest absolute Gasteiger partial charge is 0.480 e. The Morgan fingerprint density at radius 2 is 1.78 bits per heavy atom. The van der Waals surface area contributed by atoms with Gasteiger partial charge in [0.05, 0.1) is 6.54 Å². The zero-order valence-electron chi connectivity index (χ0n) is 15.0. The third-order valence-electron chi connectivity index (χ3n) is 3.66. The lowest BCUT2D eigenvalue weighted by Gasteiger charge is -2.15. The molecule has 0 aliphatic carbocycles. The molecule has 0 fully saturated rings. The van der Waals surface area contributed by atoms with E-state index in [0.29, 0.717) is 10.4 Å². The number of hydrogen-bond acceptors (Lipinski definition) is 5. The minimum Gasteiger partial charge on any atom is -0.480 e. The van der Waals surface area contributed by atoms with Crippen molar-refractivity contribution in [2.24, 2.45) is 5.92 Å². The monoisotopic (exact) mass is 410 g/mol. The Bertz CT molecular complexity index is 891. The van der Waals surface area contributed by atoms with Gasteiger partial charge in [-0.1, -0.05) is 32.0 Å². The molecular formula is C18H22N2O5S2. The van der Waals surface area contributed by atoms with Gasteiger partial charge in [-0.05, 0) is 36.6 Å². The highest BCUT2D eigenvalue weighted by Crippen LogP contribution is 2.22. The van der Waals surface area contributed by atoms with Crippen molar-refractivity contribution in [2.75, 3.05) is 0 Å². The molecule has 9 heteroatoms. The number of carbonyl (C=O) groups is 2. The van der Waals surface area contributed by atoms with Gasteiger partial charge in [0.2, 0.25) is 0 Å². The molecule has 0 aliphatic rings. The van der Waals surface area contributed by atoms with Gasteiger partial charge >= 0.3 is 5.97 Å². The first-order valence-electron chi connectivity index (χ1n) is 8.36. The minimum atomic E-state index is -3.95. The molecule has 7 nitrogen and oxygen atoms in total. The number of rotatable bonds is 9. The predicted molar refractivity (Wildman–Crippen MR) is 103 cm³/mol. The van der Waals surface area contributed by atoms with E-state index in [1.807, 2.05) is 19.9 Å². The fourth-order valence-corrected chi connectivity index (χ4v) is 4.89. The molecule has 0 spiro atoms. The van der Waals surface area contributed by atoms with Crippen molar-refractivity contribution in [3.8, 4) is 0 Å². The van der Waals surface area contributed by atoms with Crippen molar-refractivity contribution in [2.45, 2.75) is 37.1 Å². The summed E-state index contributed by atoms with van der Waals surface area (Å²) in [4.78, 5) is 24.0. The second kappa shape index (κ2) is 9.12. The van der Waals surface area contributed by atoms with Crippen molar-refractivity contribution < 1.29 is 23.1 Å². The maximum atomic E-state index is 12.5. The number of carboxylic acids is 1. The molecule has 0 saturated heterocycles. The number of nitrogens with one attached hydrogen (secondary N) is 2. The molecule has 1 heterocycles. The molecular weight excluding hydrogens is 388 g/mol. The van der Waals surface area contributed by atoms with E-state index in [1.165, 1.54) is 6.07 Å². The van der Waals surface area contributed by atoms with Crippen molar-refractivity contribution in [3.05, 3.63) is 52.9 Å². The Morgan fingerprint density at radius 3 is 2.37 bits per heavy atom. The van der Waals surface area contributed by atoms with Crippen LogP contribution in [0.25, 0.3) is 0 Å². The summed E-state index contributed by atoms with van der Waals surface area (Å²) in [5, 5.41) is 11.9. The number of hydrogen-bond donors (Lipinski definition) is 3. The van der Waals surface area contributed by atoms with Gasteiger partial charge in [0.25, 0.3) is 15.9 Å². The van der Waals surface area contributed by atoms with Gasteiger partial charge in [-0.15, -0.1) is 11.3 Å². The van der Waals surface area contributed by atoms with Crippen molar-refractivity contribution in [1.29, 1.82) is 0 Å². The molecule has 0 bridgehead atoms. The second-order valence-corrected chi connectivity index (χ2v) is 9.52. The highest BCUT2D eigenvalue weighted by Gasteiger charge is 2.27. The highest BCUT2D eigenvalue weighted by atomic mass is 32.2. The lowest BCUT2D eigenvalue weighted by atomic mass is 10.1. The van der Waals surface area contributed by atoms with Gasteiger partial charge in [0.15, 0.2) is 0 Å². The van der Waals surface area contributed by atoms with Gasteiger partial charge < -0.3 is 10.4 Å². The first-order valence-corrected chi connectivity index (χ1v) is 10.7. The summed E-state index contributed by atoms with van der Waals surface area (Å²) in [6.07, 6.45) is 0.194. The third-order valence-corrected chi connectivity index (χ3v) is 6.71. The number of aliphatic carboxylic acids is 1. The normalized spacial score (nSPS) is 12.7. The summed E-state index contributed by atoms with van der Waals surface area (Å²) < 4.78 is 27.2. The fraction of sp³-hybridized carbons (Fsp3) is 0.333. The Hall–Kier alpha value is -2.23. The first-order chi connectivity index (χ1) is 12.7. The molecule has 1 unspecified atom stereocenters. The number of thiophene rings is 1. The topological polar surface area (TPSA) is 113 Å². The molecule has 2 aromatic rings. The van der Waals surface area contributed by atoms with Crippen LogP contribution in [0.15, 0.2) is 46.7 Å². The van der Waals surface area contributed by atoms with E-state index in [4.69, 9.17) is 0 Å². The molecule has 3 N–H and O–H groups in total. The highest BCUT2D eigenvalue weighted by molar-refractivity contribution is 7.91. The number of benzene rings is 1. The van der Waals surface area contributed by atoms with E-state index in [0.717, 1.165) is 11.3 Å². The van der Waals surface area contributed by atoms with Crippen LogP contribution < -0.4 is 10.0 Å². The van der Waals surface area contributed by atoms with Gasteiger partial charge in [-0.2, -0.15) is 4.72 Å².